The number of aryl methyl sites for hydroxylation is 2. The van der Waals surface area contributed by atoms with Gasteiger partial charge in [0.1, 0.15) is 35.4 Å². The maximum atomic E-state index is 11.9. The molecule has 2 amide bonds. The Balaban J connectivity index is 1.26. The number of aromatic hydroxyl groups is 1. The summed E-state index contributed by atoms with van der Waals surface area (Å²) in [5.41, 5.74) is 3.29. The molecule has 4 aromatic rings. The van der Waals surface area contributed by atoms with Gasteiger partial charge in [0.25, 0.3) is 5.24 Å². The topological polar surface area (TPSA) is 103 Å². The van der Waals surface area contributed by atoms with Crippen LogP contribution in [0, 0.1) is 6.92 Å². The van der Waals surface area contributed by atoms with Gasteiger partial charge in [0.2, 0.25) is 5.91 Å². The fourth-order valence-electron chi connectivity index (χ4n) is 3.79. The van der Waals surface area contributed by atoms with Crippen molar-refractivity contribution in [2.24, 2.45) is 7.05 Å². The van der Waals surface area contributed by atoms with Crippen LogP contribution in [0.15, 0.2) is 60.7 Å². The zero-order valence-electron chi connectivity index (χ0n) is 20.1. The number of thioether (sulfide) groups is 1. The number of phenolic OH excluding ortho intramolecular Hbond substituents is 1. The van der Waals surface area contributed by atoms with E-state index in [0.717, 1.165) is 28.0 Å². The highest BCUT2D eigenvalue weighted by Gasteiger charge is 2.31. The molecule has 0 saturated carbocycles. The minimum atomic E-state index is -1.55. The smallest absolute Gasteiger partial charge is 0.286 e. The lowest BCUT2D eigenvalue weighted by Crippen LogP contribution is -2.25. The summed E-state index contributed by atoms with van der Waals surface area (Å²) in [4.78, 5) is 28.0. The van der Waals surface area contributed by atoms with Crippen molar-refractivity contribution < 1.29 is 25.5 Å². The van der Waals surface area contributed by atoms with Crippen LogP contribution in [0.2, 0.25) is 0 Å². The zero-order chi connectivity index (χ0) is 25.4. The predicted molar refractivity (Wildman–Crippen MR) is 133 cm³/mol. The quantitative estimate of drug-likeness (QED) is 0.382. The molecular weight excluding hydrogens is 466 g/mol. The molecule has 35 heavy (non-hydrogen) atoms. The first-order valence-electron chi connectivity index (χ1n) is 11.4. The number of fused-ring (bicyclic) bond motifs is 1. The normalized spacial score (nSPS) is 17.9. The lowest BCUT2D eigenvalue weighted by atomic mass is 10.1. The van der Waals surface area contributed by atoms with Crippen LogP contribution in [-0.4, -0.2) is 31.0 Å². The molecule has 0 aliphatic carbocycles. The Morgan fingerprint density at radius 3 is 2.60 bits per heavy atom. The van der Waals surface area contributed by atoms with E-state index in [2.05, 4.69) is 10.3 Å². The van der Waals surface area contributed by atoms with Crippen molar-refractivity contribution in [3.8, 4) is 23.0 Å². The van der Waals surface area contributed by atoms with Crippen molar-refractivity contribution in [1.29, 1.82) is 0 Å². The molecule has 9 heteroatoms. The zero-order valence-corrected chi connectivity index (χ0v) is 19.9. The van der Waals surface area contributed by atoms with E-state index in [4.69, 9.17) is 10.8 Å². The number of nitrogens with zero attached hydrogens (tertiary/aromatic N) is 2. The number of nitrogens with one attached hydrogen (secondary N) is 1. The third-order valence-corrected chi connectivity index (χ3v) is 6.54. The minimum Gasteiger partial charge on any atom is -0.508 e. The number of phenols is 1. The van der Waals surface area contributed by atoms with Crippen molar-refractivity contribution >= 4 is 33.9 Å². The molecule has 1 saturated heterocycles. The number of benzene rings is 3. The second-order valence-corrected chi connectivity index (χ2v) is 9.23. The molecule has 0 spiro atoms. The van der Waals surface area contributed by atoms with Gasteiger partial charge in [0.05, 0.1) is 17.6 Å². The third kappa shape index (κ3) is 4.95. The number of amides is 2. The maximum absolute atomic E-state index is 11.9. The van der Waals surface area contributed by atoms with Crippen LogP contribution in [-0.2, 0) is 24.9 Å². The summed E-state index contributed by atoms with van der Waals surface area (Å²) in [6.07, 6.45) is 0.119. The molecule has 1 unspecified atom stereocenters. The van der Waals surface area contributed by atoms with Gasteiger partial charge in [0, 0.05) is 13.1 Å². The molecule has 178 valence electrons. The van der Waals surface area contributed by atoms with E-state index < -0.39 is 16.4 Å². The van der Waals surface area contributed by atoms with E-state index >= 15 is 0 Å². The van der Waals surface area contributed by atoms with E-state index in [-0.39, 0.29) is 18.8 Å². The molecular formula is C26H23N3O5S. The number of imide groups is 1. The summed E-state index contributed by atoms with van der Waals surface area (Å²) in [6.45, 7) is 2.11. The summed E-state index contributed by atoms with van der Waals surface area (Å²) in [6, 6.07) is 17.7. The highest BCUT2D eigenvalue weighted by atomic mass is 32.2. The predicted octanol–water partition coefficient (Wildman–Crippen LogP) is 4.85. The van der Waals surface area contributed by atoms with E-state index in [1.807, 2.05) is 36.7 Å². The highest BCUT2D eigenvalue weighted by molar-refractivity contribution is 8.15. The Morgan fingerprint density at radius 1 is 1.11 bits per heavy atom. The van der Waals surface area contributed by atoms with Crippen LogP contribution in [0.3, 0.4) is 0 Å². The average Bonchev–Trinajstić information content (AvgIpc) is 3.28. The van der Waals surface area contributed by atoms with E-state index in [1.54, 1.807) is 42.5 Å². The Kier molecular flexibility index (Phi) is 5.75. The minimum absolute atomic E-state index is 0.119. The van der Waals surface area contributed by atoms with Crippen LogP contribution in [0.1, 0.15) is 18.3 Å². The number of carbonyl (C=O) groups is 2. The molecule has 0 bridgehead atoms. The van der Waals surface area contributed by atoms with Crippen molar-refractivity contribution in [2.45, 2.75) is 25.2 Å². The molecule has 1 fully saturated rings. The molecule has 1 aromatic heterocycles. The number of hydrogen-bond donors (Lipinski definition) is 2. The van der Waals surface area contributed by atoms with Crippen LogP contribution in [0.5, 0.6) is 23.0 Å². The van der Waals surface area contributed by atoms with Gasteiger partial charge in [-0.05, 0) is 66.9 Å². The molecule has 0 radical (unpaired) electrons. The molecule has 1 atom stereocenters. The first-order valence-corrected chi connectivity index (χ1v) is 11.7. The lowest BCUT2D eigenvalue weighted by molar-refractivity contribution is -0.118. The molecule has 8 nitrogen and oxygen atoms in total. The SMILES string of the molecule is [2H]C1(Cc2ccc(OCc3nc4ccc(Oc5ccc(O)cc5C)cc4n3C)cc2)SC(=O)NC1=O. The summed E-state index contributed by atoms with van der Waals surface area (Å²) in [7, 11) is 1.91. The lowest BCUT2D eigenvalue weighted by Gasteiger charge is -2.10. The van der Waals surface area contributed by atoms with Crippen molar-refractivity contribution in [1.82, 2.24) is 14.9 Å². The summed E-state index contributed by atoms with van der Waals surface area (Å²) in [5.74, 6) is 2.28. The Hall–Kier alpha value is -3.98. The number of imidazole rings is 1. The van der Waals surface area contributed by atoms with Crippen LogP contribution in [0.4, 0.5) is 4.79 Å². The van der Waals surface area contributed by atoms with Gasteiger partial charge < -0.3 is 19.1 Å². The molecule has 2 heterocycles. The standard InChI is InChI=1S/C26H23N3O5S/c1-15-11-17(30)5-10-22(15)34-19-8-9-20-21(13-19)29(2)24(27-20)14-33-18-6-3-16(4-7-18)12-23-25(31)28-26(32)35-23/h3-11,13,23,30H,12,14H2,1-2H3,(H,28,31,32)/i23D. The van der Waals surface area contributed by atoms with Gasteiger partial charge in [-0.1, -0.05) is 23.9 Å². The fourth-order valence-corrected chi connectivity index (χ4v) is 4.54. The van der Waals surface area contributed by atoms with Crippen LogP contribution in [0.25, 0.3) is 11.0 Å². The van der Waals surface area contributed by atoms with E-state index in [1.165, 1.54) is 0 Å². The first-order chi connectivity index (χ1) is 17.2. The number of carbonyl (C=O) groups excluding carboxylic acids is 2. The number of ether oxygens (including phenoxy) is 2. The van der Waals surface area contributed by atoms with E-state index in [9.17, 15) is 14.7 Å². The van der Waals surface area contributed by atoms with Gasteiger partial charge in [0.15, 0.2) is 0 Å². The summed E-state index contributed by atoms with van der Waals surface area (Å²) >= 11 is 0.694. The van der Waals surface area contributed by atoms with Crippen LogP contribution < -0.4 is 14.8 Å². The molecule has 1 aliphatic heterocycles. The van der Waals surface area contributed by atoms with Gasteiger partial charge in [-0.15, -0.1) is 0 Å². The Morgan fingerprint density at radius 2 is 1.89 bits per heavy atom. The molecule has 3 aromatic carbocycles. The van der Waals surface area contributed by atoms with Gasteiger partial charge in [-0.25, -0.2) is 4.98 Å². The monoisotopic (exact) mass is 490 g/mol. The fraction of sp³-hybridized carbons (Fsp3) is 0.192. The second-order valence-electron chi connectivity index (χ2n) is 8.17. The molecule has 5 rings (SSSR count). The van der Waals surface area contributed by atoms with Gasteiger partial charge in [-0.2, -0.15) is 0 Å². The van der Waals surface area contributed by atoms with Crippen molar-refractivity contribution in [3.63, 3.8) is 0 Å². The van der Waals surface area contributed by atoms with Crippen molar-refractivity contribution in [2.75, 3.05) is 0 Å². The highest BCUT2D eigenvalue weighted by Crippen LogP contribution is 2.30. The number of rotatable bonds is 7. The molecule has 1 aliphatic rings. The summed E-state index contributed by atoms with van der Waals surface area (Å²) < 4.78 is 22.1. The summed E-state index contributed by atoms with van der Waals surface area (Å²) in [5, 5.41) is 9.72. The van der Waals surface area contributed by atoms with Crippen LogP contribution >= 0.6 is 11.8 Å². The average molecular weight is 491 g/mol. The third-order valence-electron chi connectivity index (χ3n) is 5.67. The van der Waals surface area contributed by atoms with E-state index in [0.29, 0.717) is 29.0 Å². The Labute approximate surface area is 207 Å². The number of hydrogen-bond acceptors (Lipinski definition) is 7. The first kappa shape index (κ1) is 21.5. The largest absolute Gasteiger partial charge is 0.508 e. The van der Waals surface area contributed by atoms with Gasteiger partial charge in [-0.3, -0.25) is 14.9 Å². The molecule has 2 N–H and O–H groups in total. The Bertz CT molecular complexity index is 1490. The second kappa shape index (κ2) is 9.34. The maximum Gasteiger partial charge on any atom is 0.286 e. The van der Waals surface area contributed by atoms with Crippen molar-refractivity contribution in [3.05, 3.63) is 77.6 Å². The van der Waals surface area contributed by atoms with Gasteiger partial charge >= 0.3 is 0 Å². The number of aromatic nitrogens is 2.